The lowest BCUT2D eigenvalue weighted by Gasteiger charge is -2.12. The van der Waals surface area contributed by atoms with Gasteiger partial charge in [0.2, 0.25) is 0 Å². The van der Waals surface area contributed by atoms with Crippen molar-refractivity contribution in [3.63, 3.8) is 0 Å². The minimum Gasteiger partial charge on any atom is -0.322 e. The number of imidazole rings is 1. The van der Waals surface area contributed by atoms with Crippen LogP contribution in [0.5, 0.6) is 0 Å². The molecule has 0 fully saturated rings. The highest BCUT2D eigenvalue weighted by atomic mass is 19.1. The van der Waals surface area contributed by atoms with Crippen LogP contribution in [-0.4, -0.2) is 30.1 Å². The minimum atomic E-state index is -0.798. The Hall–Kier alpha value is -4.84. The number of nitrogens with one attached hydrogen (secondary N) is 1. The molecular formula is C24H16FN7O. The molecule has 4 heterocycles. The Kier molecular flexibility index (Phi) is 4.88. The summed E-state index contributed by atoms with van der Waals surface area (Å²) in [4.78, 5) is 20.4. The van der Waals surface area contributed by atoms with Crippen LogP contribution >= 0.6 is 0 Å². The van der Waals surface area contributed by atoms with E-state index in [2.05, 4.69) is 20.4 Å². The standard InChI is InChI=1S/C24H16FN7O/c1-15-4-5-17(29-24(33)19-9-18(12-26)28-14-20(19)25)10-22(15)31-7-8-32-23(31)11-21(30-32)16-3-2-6-27-13-16/h2-11,13-14H,1H3,(H,29,33). The Morgan fingerprint density at radius 3 is 2.82 bits per heavy atom. The maximum Gasteiger partial charge on any atom is 0.258 e. The molecule has 9 heteroatoms. The average molecular weight is 437 g/mol. The van der Waals surface area contributed by atoms with E-state index in [-0.39, 0.29) is 11.3 Å². The Labute approximate surface area is 187 Å². The molecule has 0 aliphatic carbocycles. The highest BCUT2D eigenvalue weighted by molar-refractivity contribution is 6.04. The molecule has 4 aromatic heterocycles. The van der Waals surface area contributed by atoms with E-state index >= 15 is 0 Å². The second kappa shape index (κ2) is 8.01. The van der Waals surface area contributed by atoms with Gasteiger partial charge in [0.15, 0.2) is 5.82 Å². The summed E-state index contributed by atoms with van der Waals surface area (Å²) in [6, 6.07) is 14.1. The van der Waals surface area contributed by atoms with E-state index in [1.54, 1.807) is 35.1 Å². The lowest BCUT2D eigenvalue weighted by molar-refractivity contribution is 0.102. The Bertz CT molecular complexity index is 1550. The number of nitrogens with zero attached hydrogens (tertiary/aromatic N) is 6. The van der Waals surface area contributed by atoms with E-state index in [1.807, 2.05) is 48.1 Å². The van der Waals surface area contributed by atoms with Gasteiger partial charge in [-0.1, -0.05) is 6.07 Å². The first-order valence-electron chi connectivity index (χ1n) is 9.98. The molecule has 0 atom stereocenters. The molecule has 33 heavy (non-hydrogen) atoms. The molecule has 0 aliphatic rings. The number of nitriles is 1. The van der Waals surface area contributed by atoms with Gasteiger partial charge >= 0.3 is 0 Å². The first kappa shape index (κ1) is 20.1. The molecule has 8 nitrogen and oxygen atoms in total. The first-order valence-corrected chi connectivity index (χ1v) is 9.98. The number of amides is 1. The van der Waals surface area contributed by atoms with Crippen LogP contribution in [0, 0.1) is 24.1 Å². The Morgan fingerprint density at radius 1 is 1.15 bits per heavy atom. The molecular weight excluding hydrogens is 421 g/mol. The van der Waals surface area contributed by atoms with Gasteiger partial charge in [0.25, 0.3) is 5.91 Å². The SMILES string of the molecule is Cc1ccc(NC(=O)c2cc(C#N)ncc2F)cc1-n1ccn2nc(-c3cccnc3)cc12. The van der Waals surface area contributed by atoms with Crippen molar-refractivity contribution in [1.29, 1.82) is 5.26 Å². The molecule has 1 amide bonds. The number of carbonyl (C=O) groups is 1. The number of rotatable bonds is 4. The molecule has 1 aromatic carbocycles. The van der Waals surface area contributed by atoms with E-state index in [0.717, 1.165) is 40.4 Å². The summed E-state index contributed by atoms with van der Waals surface area (Å²) in [5.74, 6) is -1.46. The summed E-state index contributed by atoms with van der Waals surface area (Å²) < 4.78 is 17.8. The predicted octanol–water partition coefficient (Wildman–Crippen LogP) is 4.15. The summed E-state index contributed by atoms with van der Waals surface area (Å²) in [7, 11) is 0. The Morgan fingerprint density at radius 2 is 2.03 bits per heavy atom. The lowest BCUT2D eigenvalue weighted by Crippen LogP contribution is -2.15. The second-order valence-corrected chi connectivity index (χ2v) is 7.36. The van der Waals surface area contributed by atoms with Crippen LogP contribution in [0.15, 0.2) is 73.4 Å². The van der Waals surface area contributed by atoms with Crippen molar-refractivity contribution in [2.75, 3.05) is 5.32 Å². The number of anilines is 1. The van der Waals surface area contributed by atoms with Crippen LogP contribution in [0.2, 0.25) is 0 Å². The highest BCUT2D eigenvalue weighted by Crippen LogP contribution is 2.25. The van der Waals surface area contributed by atoms with Crippen molar-refractivity contribution in [1.82, 2.24) is 24.1 Å². The smallest absolute Gasteiger partial charge is 0.258 e. The van der Waals surface area contributed by atoms with Crippen LogP contribution in [0.1, 0.15) is 21.6 Å². The molecule has 5 aromatic rings. The van der Waals surface area contributed by atoms with Gasteiger partial charge < -0.3 is 5.32 Å². The van der Waals surface area contributed by atoms with Crippen molar-refractivity contribution < 1.29 is 9.18 Å². The average Bonchev–Trinajstić information content (AvgIpc) is 3.42. The zero-order valence-electron chi connectivity index (χ0n) is 17.4. The molecule has 0 bridgehead atoms. The molecule has 0 unspecified atom stereocenters. The maximum absolute atomic E-state index is 14.1. The third-order valence-electron chi connectivity index (χ3n) is 5.22. The number of carbonyl (C=O) groups excluding carboxylic acids is 1. The van der Waals surface area contributed by atoms with E-state index < -0.39 is 11.7 Å². The van der Waals surface area contributed by atoms with Gasteiger partial charge in [0.05, 0.1) is 23.1 Å². The summed E-state index contributed by atoms with van der Waals surface area (Å²) in [5, 5.41) is 16.3. The third-order valence-corrected chi connectivity index (χ3v) is 5.22. The van der Waals surface area contributed by atoms with Crippen LogP contribution in [0.25, 0.3) is 22.6 Å². The number of aromatic nitrogens is 5. The number of aryl methyl sites for hydroxylation is 1. The van der Waals surface area contributed by atoms with Gasteiger partial charge in [0, 0.05) is 42.1 Å². The van der Waals surface area contributed by atoms with Crippen LogP contribution in [-0.2, 0) is 0 Å². The molecule has 0 saturated heterocycles. The Balaban J connectivity index is 1.50. The molecule has 0 spiro atoms. The number of hydrogen-bond acceptors (Lipinski definition) is 5. The van der Waals surface area contributed by atoms with Gasteiger partial charge in [0.1, 0.15) is 17.4 Å². The summed E-state index contributed by atoms with van der Waals surface area (Å²) >= 11 is 0. The fourth-order valence-electron chi connectivity index (χ4n) is 3.56. The van der Waals surface area contributed by atoms with Crippen LogP contribution < -0.4 is 5.32 Å². The topological polar surface area (TPSA) is 101 Å². The van der Waals surface area contributed by atoms with Crippen molar-refractivity contribution in [2.45, 2.75) is 6.92 Å². The van der Waals surface area contributed by atoms with Crippen molar-refractivity contribution >= 4 is 17.2 Å². The zero-order valence-corrected chi connectivity index (χ0v) is 17.4. The quantitative estimate of drug-likeness (QED) is 0.455. The summed E-state index contributed by atoms with van der Waals surface area (Å²) in [6.45, 7) is 1.96. The van der Waals surface area contributed by atoms with E-state index in [0.29, 0.717) is 5.69 Å². The van der Waals surface area contributed by atoms with Crippen LogP contribution in [0.4, 0.5) is 10.1 Å². The fourth-order valence-corrected chi connectivity index (χ4v) is 3.56. The molecule has 0 radical (unpaired) electrons. The largest absolute Gasteiger partial charge is 0.322 e. The number of pyridine rings is 2. The normalized spacial score (nSPS) is 10.8. The van der Waals surface area contributed by atoms with E-state index in [9.17, 15) is 9.18 Å². The number of benzene rings is 1. The number of fused-ring (bicyclic) bond motifs is 1. The molecule has 5 rings (SSSR count). The van der Waals surface area contributed by atoms with Crippen molar-refractivity contribution in [3.05, 3.63) is 96.1 Å². The first-order chi connectivity index (χ1) is 16.0. The van der Waals surface area contributed by atoms with Crippen molar-refractivity contribution in [3.8, 4) is 23.0 Å². The fraction of sp³-hybridized carbons (Fsp3) is 0.0417. The molecule has 1 N–H and O–H groups in total. The van der Waals surface area contributed by atoms with Crippen LogP contribution in [0.3, 0.4) is 0 Å². The predicted molar refractivity (Wildman–Crippen MR) is 119 cm³/mol. The lowest BCUT2D eigenvalue weighted by atomic mass is 10.1. The highest BCUT2D eigenvalue weighted by Gasteiger charge is 2.16. The van der Waals surface area contributed by atoms with Crippen molar-refractivity contribution in [2.24, 2.45) is 0 Å². The molecule has 160 valence electrons. The molecule has 0 aliphatic heterocycles. The number of hydrogen-bond donors (Lipinski definition) is 1. The summed E-state index contributed by atoms with van der Waals surface area (Å²) in [5.41, 5.74) is 4.52. The van der Waals surface area contributed by atoms with E-state index in [4.69, 9.17) is 5.26 Å². The monoisotopic (exact) mass is 437 g/mol. The van der Waals surface area contributed by atoms with Gasteiger partial charge in [-0.2, -0.15) is 10.4 Å². The molecule has 0 saturated carbocycles. The minimum absolute atomic E-state index is 0.0361. The maximum atomic E-state index is 14.1. The summed E-state index contributed by atoms with van der Waals surface area (Å²) in [6.07, 6.45) is 8.05. The van der Waals surface area contributed by atoms with Gasteiger partial charge in [-0.15, -0.1) is 0 Å². The van der Waals surface area contributed by atoms with Gasteiger partial charge in [-0.25, -0.2) is 13.9 Å². The van der Waals surface area contributed by atoms with E-state index in [1.165, 1.54) is 0 Å². The second-order valence-electron chi connectivity index (χ2n) is 7.36. The third kappa shape index (κ3) is 3.70. The number of halogens is 1. The van der Waals surface area contributed by atoms with Gasteiger partial charge in [-0.05, 0) is 42.8 Å². The van der Waals surface area contributed by atoms with Gasteiger partial charge in [-0.3, -0.25) is 14.3 Å². The zero-order chi connectivity index (χ0) is 22.9.